The summed E-state index contributed by atoms with van der Waals surface area (Å²) in [5.74, 6) is 0.550. The highest BCUT2D eigenvalue weighted by Crippen LogP contribution is 1.96. The molecule has 1 aromatic rings. The fourth-order valence-corrected chi connectivity index (χ4v) is 1.26. The highest BCUT2D eigenvalue weighted by Gasteiger charge is 2.07. The highest BCUT2D eigenvalue weighted by molar-refractivity contribution is 7.84. The minimum Gasteiger partial charge on any atom is -0.251 e. The maximum atomic E-state index is 11.0. The molecule has 56 valence electrons. The van der Waals surface area contributed by atoms with Crippen molar-refractivity contribution < 1.29 is 4.21 Å². The fourth-order valence-electron chi connectivity index (χ4n) is 0.543. The molecule has 1 unspecified atom stereocenters. The Morgan fingerprint density at radius 3 is 2.80 bits per heavy atom. The van der Waals surface area contributed by atoms with E-state index in [9.17, 15) is 4.21 Å². The first-order valence-corrected chi connectivity index (χ1v) is 4.18. The van der Waals surface area contributed by atoms with Crippen molar-refractivity contribution in [3.05, 3.63) is 0 Å². The van der Waals surface area contributed by atoms with Gasteiger partial charge in [-0.15, -0.1) is 0 Å². The van der Waals surface area contributed by atoms with Crippen LogP contribution in [0.1, 0.15) is 6.92 Å². The lowest BCUT2D eigenvalue weighted by atomic mass is 11.0. The average Bonchev–Trinajstić information content (AvgIpc) is 2.34. The van der Waals surface area contributed by atoms with Gasteiger partial charge in [0, 0.05) is 12.8 Å². The third kappa shape index (κ3) is 1.21. The van der Waals surface area contributed by atoms with E-state index in [-0.39, 0.29) is 0 Å². The first kappa shape index (κ1) is 7.33. The van der Waals surface area contributed by atoms with E-state index in [0.717, 1.165) is 0 Å². The number of rotatable bonds is 2. The Labute approximate surface area is 60.9 Å². The van der Waals surface area contributed by atoms with Gasteiger partial charge in [0.15, 0.2) is 0 Å². The molecule has 1 heterocycles. The second-order valence-corrected chi connectivity index (χ2v) is 3.35. The molecule has 0 spiro atoms. The Kier molecular flexibility index (Phi) is 2.10. The Bertz CT molecular complexity index is 245. The molecule has 0 radical (unpaired) electrons. The smallest absolute Gasteiger partial charge is 0.239 e. The molecule has 0 fully saturated rings. The Hall–Kier alpha value is -0.780. The second kappa shape index (κ2) is 2.87. The Morgan fingerprint density at radius 2 is 2.40 bits per heavy atom. The van der Waals surface area contributed by atoms with Gasteiger partial charge in [-0.25, -0.2) is 4.68 Å². The SMILES string of the molecule is CCS(=O)c1nnnn1C. The molecule has 0 bridgehead atoms. The zero-order valence-electron chi connectivity index (χ0n) is 5.81. The van der Waals surface area contributed by atoms with Gasteiger partial charge < -0.3 is 0 Å². The third-order valence-electron chi connectivity index (χ3n) is 1.05. The van der Waals surface area contributed by atoms with E-state index in [0.29, 0.717) is 10.9 Å². The molecule has 1 atom stereocenters. The summed E-state index contributed by atoms with van der Waals surface area (Å²) in [7, 11) is 0.626. The van der Waals surface area contributed by atoms with Crippen LogP contribution in [0.4, 0.5) is 0 Å². The molecule has 6 heteroatoms. The summed E-state index contributed by atoms with van der Waals surface area (Å²) in [6.45, 7) is 1.82. The molecule has 1 aromatic heterocycles. The summed E-state index contributed by atoms with van der Waals surface area (Å²) in [4.78, 5) is 0. The van der Waals surface area contributed by atoms with Crippen LogP contribution < -0.4 is 0 Å². The number of aromatic nitrogens is 4. The lowest BCUT2D eigenvalue weighted by Crippen LogP contribution is -2.03. The molecule has 0 N–H and O–H groups in total. The molecule has 1 rings (SSSR count). The van der Waals surface area contributed by atoms with Crippen molar-refractivity contribution in [2.45, 2.75) is 12.1 Å². The number of hydrogen-bond donors (Lipinski definition) is 0. The molecule has 0 saturated carbocycles. The van der Waals surface area contributed by atoms with Gasteiger partial charge in [-0.3, -0.25) is 4.21 Å². The summed E-state index contributed by atoms with van der Waals surface area (Å²) in [6.07, 6.45) is 0. The van der Waals surface area contributed by atoms with E-state index in [4.69, 9.17) is 0 Å². The number of tetrazole rings is 1. The van der Waals surface area contributed by atoms with Crippen molar-refractivity contribution >= 4 is 10.8 Å². The molecule has 0 aliphatic heterocycles. The van der Waals surface area contributed by atoms with Gasteiger partial charge in [0.25, 0.3) is 0 Å². The minimum atomic E-state index is -1.04. The van der Waals surface area contributed by atoms with E-state index in [1.807, 2.05) is 6.92 Å². The Balaban J connectivity index is 2.93. The van der Waals surface area contributed by atoms with Crippen LogP contribution in [0.3, 0.4) is 0 Å². The molecule has 5 nitrogen and oxygen atoms in total. The third-order valence-corrected chi connectivity index (χ3v) is 2.32. The summed E-state index contributed by atoms with van der Waals surface area (Å²) >= 11 is 0. The number of nitrogens with zero attached hydrogens (tertiary/aromatic N) is 4. The van der Waals surface area contributed by atoms with Crippen LogP contribution >= 0.6 is 0 Å². The predicted octanol–water partition coefficient (Wildman–Crippen LogP) is -0.662. The first-order chi connectivity index (χ1) is 4.75. The van der Waals surface area contributed by atoms with Crippen LogP contribution in [0.5, 0.6) is 0 Å². The lowest BCUT2D eigenvalue weighted by Gasteiger charge is -1.92. The highest BCUT2D eigenvalue weighted by atomic mass is 32.2. The zero-order chi connectivity index (χ0) is 7.56. The van der Waals surface area contributed by atoms with Gasteiger partial charge in [-0.1, -0.05) is 12.0 Å². The maximum Gasteiger partial charge on any atom is 0.239 e. The van der Waals surface area contributed by atoms with Crippen LogP contribution in [0.2, 0.25) is 0 Å². The maximum absolute atomic E-state index is 11.0. The molecular weight excluding hydrogens is 152 g/mol. The average molecular weight is 160 g/mol. The second-order valence-electron chi connectivity index (χ2n) is 1.72. The first-order valence-electron chi connectivity index (χ1n) is 2.86. The minimum absolute atomic E-state index is 0.433. The summed E-state index contributed by atoms with van der Waals surface area (Å²) in [5, 5.41) is 10.9. The van der Waals surface area contributed by atoms with Crippen molar-refractivity contribution in [3.8, 4) is 0 Å². The van der Waals surface area contributed by atoms with Crippen molar-refractivity contribution in [1.29, 1.82) is 0 Å². The number of aryl methyl sites for hydroxylation is 1. The summed E-state index contributed by atoms with van der Waals surface area (Å²) < 4.78 is 12.5. The lowest BCUT2D eigenvalue weighted by molar-refractivity contribution is 0.636. The monoisotopic (exact) mass is 160 g/mol. The van der Waals surface area contributed by atoms with Gasteiger partial charge in [-0.2, -0.15) is 0 Å². The van der Waals surface area contributed by atoms with E-state index < -0.39 is 10.8 Å². The van der Waals surface area contributed by atoms with Crippen molar-refractivity contribution in [2.24, 2.45) is 7.05 Å². The van der Waals surface area contributed by atoms with E-state index >= 15 is 0 Å². The van der Waals surface area contributed by atoms with Crippen molar-refractivity contribution in [2.75, 3.05) is 5.75 Å². The number of hydrogen-bond acceptors (Lipinski definition) is 4. The molecule has 0 amide bonds. The normalized spacial score (nSPS) is 13.4. The zero-order valence-corrected chi connectivity index (χ0v) is 6.63. The summed E-state index contributed by atoms with van der Waals surface area (Å²) in [6, 6.07) is 0. The van der Waals surface area contributed by atoms with Gasteiger partial charge in [0.05, 0.1) is 10.8 Å². The van der Waals surface area contributed by atoms with Crippen molar-refractivity contribution in [1.82, 2.24) is 20.2 Å². The van der Waals surface area contributed by atoms with Gasteiger partial charge >= 0.3 is 0 Å². The fraction of sp³-hybridized carbons (Fsp3) is 0.750. The van der Waals surface area contributed by atoms with Gasteiger partial charge in [-0.05, 0) is 10.4 Å². The molecule has 0 aliphatic carbocycles. The molecule has 0 aliphatic rings. The standard InChI is InChI=1S/C4H8N4OS/c1-3-10(9)4-5-6-7-8(4)2/h3H2,1-2H3. The summed E-state index contributed by atoms with van der Waals surface area (Å²) in [5.41, 5.74) is 0. The topological polar surface area (TPSA) is 60.7 Å². The molecular formula is C4H8N4OS. The quantitative estimate of drug-likeness (QED) is 0.576. The van der Waals surface area contributed by atoms with Gasteiger partial charge in [0.2, 0.25) is 5.16 Å². The predicted molar refractivity (Wildman–Crippen MR) is 35.7 cm³/mol. The van der Waals surface area contributed by atoms with Crippen LogP contribution in [-0.4, -0.2) is 30.2 Å². The van der Waals surface area contributed by atoms with Gasteiger partial charge in [0.1, 0.15) is 0 Å². The van der Waals surface area contributed by atoms with Crippen molar-refractivity contribution in [3.63, 3.8) is 0 Å². The van der Waals surface area contributed by atoms with E-state index in [1.165, 1.54) is 4.68 Å². The van der Waals surface area contributed by atoms with Crippen LogP contribution in [-0.2, 0) is 17.8 Å². The van der Waals surface area contributed by atoms with E-state index in [1.54, 1.807) is 7.05 Å². The molecule has 10 heavy (non-hydrogen) atoms. The largest absolute Gasteiger partial charge is 0.251 e. The molecule has 0 aromatic carbocycles. The molecule has 0 saturated heterocycles. The van der Waals surface area contributed by atoms with E-state index in [2.05, 4.69) is 15.5 Å². The Morgan fingerprint density at radius 1 is 1.70 bits per heavy atom. The van der Waals surface area contributed by atoms with Crippen LogP contribution in [0.25, 0.3) is 0 Å². The van der Waals surface area contributed by atoms with Crippen LogP contribution in [0, 0.1) is 0 Å². The van der Waals surface area contributed by atoms with Crippen LogP contribution in [0.15, 0.2) is 5.16 Å².